The molecule has 2 aliphatic rings. The van der Waals surface area contributed by atoms with Crippen LogP contribution in [0.25, 0.3) is 22.6 Å². The van der Waals surface area contributed by atoms with E-state index in [0.29, 0.717) is 41.1 Å². The number of oxazole rings is 1. The van der Waals surface area contributed by atoms with Gasteiger partial charge in [0.2, 0.25) is 11.8 Å². The summed E-state index contributed by atoms with van der Waals surface area (Å²) < 4.78 is 31.0. The van der Waals surface area contributed by atoms with Crippen molar-refractivity contribution in [2.45, 2.75) is 50.3 Å². The summed E-state index contributed by atoms with van der Waals surface area (Å²) >= 11 is 5.96. The zero-order chi connectivity index (χ0) is 24.5. The van der Waals surface area contributed by atoms with Crippen LogP contribution < -0.4 is 10.1 Å². The van der Waals surface area contributed by atoms with Crippen molar-refractivity contribution in [1.29, 1.82) is 0 Å². The molecule has 0 unspecified atom stereocenters. The Bertz CT molecular complexity index is 1260. The second-order valence-corrected chi connectivity index (χ2v) is 9.23. The standard InChI is InChI=1S/C24H24ClFN4O5/c1-30(16-6-5-15(11-16)28-21(31)19-3-2-8-33-19)24(32)35-23-17(26)9-13(12-27-23)22-29-18-7-4-14(25)10-20(18)34-22/h4,7,9-10,12,15-16,19H,2-3,5-6,8,11H2,1H3,(H,28,31)/t15-,16+,19-/m0/s1. The first-order chi connectivity index (χ1) is 16.9. The van der Waals surface area contributed by atoms with E-state index in [1.807, 2.05) is 0 Å². The number of fused-ring (bicyclic) bond motifs is 1. The first-order valence-electron chi connectivity index (χ1n) is 11.5. The largest absolute Gasteiger partial charge is 0.436 e. The Labute approximate surface area is 205 Å². The van der Waals surface area contributed by atoms with Gasteiger partial charge in [0, 0.05) is 43.0 Å². The fraction of sp³-hybridized carbons (Fsp3) is 0.417. The Morgan fingerprint density at radius 3 is 2.89 bits per heavy atom. The third kappa shape index (κ3) is 5.08. The third-order valence-corrected chi connectivity index (χ3v) is 6.63. The molecule has 3 heterocycles. The molecule has 1 N–H and O–H groups in total. The molecule has 9 nitrogen and oxygen atoms in total. The molecule has 3 atom stereocenters. The summed E-state index contributed by atoms with van der Waals surface area (Å²) in [6.45, 7) is 0.606. The van der Waals surface area contributed by atoms with Gasteiger partial charge in [-0.1, -0.05) is 11.6 Å². The van der Waals surface area contributed by atoms with Gasteiger partial charge in [-0.05, 0) is 50.3 Å². The lowest BCUT2D eigenvalue weighted by Gasteiger charge is -2.24. The molecule has 0 bridgehead atoms. The number of ether oxygens (including phenoxy) is 2. The molecule has 184 valence electrons. The Balaban J connectivity index is 1.19. The number of amides is 2. The van der Waals surface area contributed by atoms with Crippen molar-refractivity contribution >= 4 is 34.7 Å². The fourth-order valence-electron chi connectivity index (χ4n) is 4.46. The zero-order valence-electron chi connectivity index (χ0n) is 19.0. The monoisotopic (exact) mass is 502 g/mol. The van der Waals surface area contributed by atoms with Gasteiger partial charge < -0.3 is 24.1 Å². The Hall–Kier alpha value is -3.24. The van der Waals surface area contributed by atoms with E-state index in [4.69, 9.17) is 25.5 Å². The van der Waals surface area contributed by atoms with E-state index in [9.17, 15) is 14.0 Å². The molecule has 2 fully saturated rings. The summed E-state index contributed by atoms with van der Waals surface area (Å²) in [6.07, 6.45) is 3.83. The molecule has 1 aliphatic heterocycles. The number of hydrogen-bond donors (Lipinski definition) is 1. The van der Waals surface area contributed by atoms with Crippen LogP contribution >= 0.6 is 11.6 Å². The van der Waals surface area contributed by atoms with Gasteiger partial charge in [0.25, 0.3) is 5.88 Å². The zero-order valence-corrected chi connectivity index (χ0v) is 19.8. The number of pyridine rings is 1. The summed E-state index contributed by atoms with van der Waals surface area (Å²) in [7, 11) is 1.59. The summed E-state index contributed by atoms with van der Waals surface area (Å²) in [6, 6.07) is 5.94. The molecule has 1 saturated heterocycles. The number of nitrogens with one attached hydrogen (secondary N) is 1. The summed E-state index contributed by atoms with van der Waals surface area (Å²) in [5.41, 5.74) is 1.33. The number of benzene rings is 1. The highest BCUT2D eigenvalue weighted by Crippen LogP contribution is 2.29. The summed E-state index contributed by atoms with van der Waals surface area (Å²) in [4.78, 5) is 34.6. The van der Waals surface area contributed by atoms with Crippen molar-refractivity contribution in [2.24, 2.45) is 0 Å². The van der Waals surface area contributed by atoms with E-state index in [2.05, 4.69) is 15.3 Å². The minimum atomic E-state index is -0.822. The maximum Gasteiger partial charge on any atom is 0.416 e. The quantitative estimate of drug-likeness (QED) is 0.553. The van der Waals surface area contributed by atoms with Crippen LogP contribution in [0.4, 0.5) is 9.18 Å². The third-order valence-electron chi connectivity index (χ3n) is 6.40. The number of aromatic nitrogens is 2. The molecule has 35 heavy (non-hydrogen) atoms. The molecule has 2 amide bonds. The van der Waals surface area contributed by atoms with Crippen LogP contribution in [0.2, 0.25) is 5.02 Å². The van der Waals surface area contributed by atoms with Crippen LogP contribution in [0.1, 0.15) is 32.1 Å². The van der Waals surface area contributed by atoms with E-state index in [-0.39, 0.29) is 30.0 Å². The van der Waals surface area contributed by atoms with E-state index in [1.54, 1.807) is 25.2 Å². The molecular formula is C24H24ClFN4O5. The van der Waals surface area contributed by atoms with Gasteiger partial charge in [-0.3, -0.25) is 4.79 Å². The second kappa shape index (κ2) is 9.79. The maximum absolute atomic E-state index is 14.7. The second-order valence-electron chi connectivity index (χ2n) is 8.79. The van der Waals surface area contributed by atoms with Crippen molar-refractivity contribution < 1.29 is 27.9 Å². The van der Waals surface area contributed by atoms with Gasteiger partial charge in [-0.25, -0.2) is 19.2 Å². The van der Waals surface area contributed by atoms with Crippen LogP contribution in [-0.2, 0) is 9.53 Å². The number of carbonyl (C=O) groups is 2. The molecule has 3 aromatic rings. The highest BCUT2D eigenvalue weighted by atomic mass is 35.5. The molecule has 5 rings (SSSR count). The van der Waals surface area contributed by atoms with Crippen molar-refractivity contribution in [2.75, 3.05) is 13.7 Å². The molecule has 0 radical (unpaired) electrons. The number of hydrogen-bond acceptors (Lipinski definition) is 7. The van der Waals surface area contributed by atoms with Gasteiger partial charge in [-0.15, -0.1) is 0 Å². The van der Waals surface area contributed by atoms with Gasteiger partial charge in [0.15, 0.2) is 11.4 Å². The van der Waals surface area contributed by atoms with Gasteiger partial charge >= 0.3 is 6.09 Å². The van der Waals surface area contributed by atoms with E-state index >= 15 is 0 Å². The van der Waals surface area contributed by atoms with E-state index in [0.717, 1.165) is 25.3 Å². The molecule has 11 heteroatoms. The first kappa shape index (κ1) is 23.5. The Kier molecular flexibility index (Phi) is 6.57. The average molecular weight is 503 g/mol. The van der Waals surface area contributed by atoms with Crippen molar-refractivity contribution in [3.8, 4) is 17.3 Å². The predicted octanol–water partition coefficient (Wildman–Crippen LogP) is 4.33. The molecule has 1 aromatic carbocycles. The first-order valence-corrected chi connectivity index (χ1v) is 11.8. The topological polar surface area (TPSA) is 107 Å². The highest BCUT2D eigenvalue weighted by molar-refractivity contribution is 6.31. The molecule has 0 spiro atoms. The normalized spacial score (nSPS) is 21.9. The Morgan fingerprint density at radius 1 is 1.26 bits per heavy atom. The van der Waals surface area contributed by atoms with E-state index < -0.39 is 17.8 Å². The number of halogens is 2. The van der Waals surface area contributed by atoms with Gasteiger partial charge in [0.1, 0.15) is 11.6 Å². The lowest BCUT2D eigenvalue weighted by molar-refractivity contribution is -0.130. The van der Waals surface area contributed by atoms with Crippen LogP contribution in [-0.4, -0.2) is 58.7 Å². The minimum Gasteiger partial charge on any atom is -0.436 e. The predicted molar refractivity (Wildman–Crippen MR) is 125 cm³/mol. The van der Waals surface area contributed by atoms with Crippen molar-refractivity contribution in [3.05, 3.63) is 41.3 Å². The molecule has 1 saturated carbocycles. The maximum atomic E-state index is 14.7. The number of nitrogens with zero attached hydrogens (tertiary/aromatic N) is 3. The number of carbonyl (C=O) groups excluding carboxylic acids is 2. The molecular weight excluding hydrogens is 479 g/mol. The van der Waals surface area contributed by atoms with Crippen LogP contribution in [0.3, 0.4) is 0 Å². The minimum absolute atomic E-state index is 0.0488. The molecule has 2 aromatic heterocycles. The van der Waals surface area contributed by atoms with Crippen molar-refractivity contribution in [3.63, 3.8) is 0 Å². The van der Waals surface area contributed by atoms with Gasteiger partial charge in [-0.2, -0.15) is 0 Å². The van der Waals surface area contributed by atoms with Crippen LogP contribution in [0, 0.1) is 5.82 Å². The lowest BCUT2D eigenvalue weighted by Crippen LogP contribution is -2.42. The van der Waals surface area contributed by atoms with Crippen LogP contribution in [0.5, 0.6) is 5.88 Å². The Morgan fingerprint density at radius 2 is 2.11 bits per heavy atom. The highest BCUT2D eigenvalue weighted by Gasteiger charge is 2.34. The number of rotatable bonds is 5. The summed E-state index contributed by atoms with van der Waals surface area (Å²) in [5, 5.41) is 3.50. The molecule has 1 aliphatic carbocycles. The smallest absolute Gasteiger partial charge is 0.416 e. The van der Waals surface area contributed by atoms with Gasteiger partial charge in [0.05, 0.1) is 5.56 Å². The average Bonchev–Trinajstić information content (AvgIpc) is 3.60. The van der Waals surface area contributed by atoms with Crippen molar-refractivity contribution in [1.82, 2.24) is 20.2 Å². The van der Waals surface area contributed by atoms with E-state index in [1.165, 1.54) is 11.1 Å². The fourth-order valence-corrected chi connectivity index (χ4v) is 4.62. The lowest BCUT2D eigenvalue weighted by atomic mass is 10.2. The van der Waals surface area contributed by atoms with Crippen LogP contribution in [0.15, 0.2) is 34.9 Å². The SMILES string of the molecule is CN(C(=O)Oc1ncc(-c2nc3ccc(Cl)cc3o2)cc1F)[C@@H]1CC[C@H](NC(=O)[C@@H]2CCCO2)C1. The summed E-state index contributed by atoms with van der Waals surface area (Å²) in [5.74, 6) is -1.19.